The van der Waals surface area contributed by atoms with E-state index >= 15 is 0 Å². The lowest BCUT2D eigenvalue weighted by molar-refractivity contribution is -0.115. The first-order valence-corrected chi connectivity index (χ1v) is 10.0. The number of sulfonamides is 1. The summed E-state index contributed by atoms with van der Waals surface area (Å²) < 4.78 is 25.5. The SMILES string of the molecule is CC(=O)Nc1cccc(NCC(=O)Nc2cc(S(=O)(=O)N(C)C)ccc2Cl)c1. The average Bonchev–Trinajstić information content (AvgIpc) is 2.61. The molecule has 0 saturated carbocycles. The van der Waals surface area contributed by atoms with Crippen LogP contribution in [-0.2, 0) is 19.6 Å². The van der Waals surface area contributed by atoms with Gasteiger partial charge in [0, 0.05) is 32.4 Å². The normalized spacial score (nSPS) is 11.2. The molecule has 0 aliphatic rings. The third-order valence-corrected chi connectivity index (χ3v) is 5.77. The highest BCUT2D eigenvalue weighted by molar-refractivity contribution is 7.89. The molecule has 0 radical (unpaired) electrons. The molecule has 0 saturated heterocycles. The van der Waals surface area contributed by atoms with Crippen LogP contribution in [-0.4, -0.2) is 45.2 Å². The number of nitrogens with one attached hydrogen (secondary N) is 3. The average molecular weight is 425 g/mol. The molecule has 8 nitrogen and oxygen atoms in total. The van der Waals surface area contributed by atoms with Crippen molar-refractivity contribution in [2.75, 3.05) is 36.6 Å². The zero-order valence-corrected chi connectivity index (χ0v) is 17.2. The van der Waals surface area contributed by atoms with Gasteiger partial charge in [-0.05, 0) is 36.4 Å². The van der Waals surface area contributed by atoms with Gasteiger partial charge in [-0.25, -0.2) is 12.7 Å². The van der Waals surface area contributed by atoms with Crippen molar-refractivity contribution in [1.29, 1.82) is 0 Å². The number of carbonyl (C=O) groups is 2. The van der Waals surface area contributed by atoms with Crippen LogP contribution >= 0.6 is 11.6 Å². The Morgan fingerprint density at radius 3 is 2.36 bits per heavy atom. The van der Waals surface area contributed by atoms with Gasteiger partial charge in [0.1, 0.15) is 0 Å². The van der Waals surface area contributed by atoms with Crippen molar-refractivity contribution in [1.82, 2.24) is 4.31 Å². The third kappa shape index (κ3) is 5.69. The summed E-state index contributed by atoms with van der Waals surface area (Å²) in [7, 11) is -0.813. The van der Waals surface area contributed by atoms with E-state index in [0.29, 0.717) is 11.4 Å². The van der Waals surface area contributed by atoms with E-state index in [1.54, 1.807) is 24.3 Å². The zero-order valence-electron chi connectivity index (χ0n) is 15.6. The van der Waals surface area contributed by atoms with Crippen LogP contribution in [0.1, 0.15) is 6.92 Å². The van der Waals surface area contributed by atoms with Crippen LogP contribution in [0.5, 0.6) is 0 Å². The molecule has 2 aromatic carbocycles. The van der Waals surface area contributed by atoms with E-state index in [1.165, 1.54) is 39.2 Å². The predicted octanol–water partition coefficient (Wildman–Crippen LogP) is 2.60. The molecule has 0 aliphatic carbocycles. The second-order valence-electron chi connectivity index (χ2n) is 6.09. The minimum absolute atomic E-state index is 0.0215. The number of rotatable bonds is 7. The largest absolute Gasteiger partial charge is 0.376 e. The molecular formula is C18H21ClN4O4S. The van der Waals surface area contributed by atoms with Crippen LogP contribution in [0.4, 0.5) is 17.1 Å². The molecule has 10 heteroatoms. The van der Waals surface area contributed by atoms with Crippen molar-refractivity contribution in [3.8, 4) is 0 Å². The quantitative estimate of drug-likeness (QED) is 0.633. The number of benzene rings is 2. The Kier molecular flexibility index (Phi) is 7.00. The molecular weight excluding hydrogens is 404 g/mol. The van der Waals surface area contributed by atoms with E-state index in [9.17, 15) is 18.0 Å². The Labute approximate surface area is 168 Å². The Balaban J connectivity index is 2.06. The third-order valence-electron chi connectivity index (χ3n) is 3.63. The number of nitrogens with zero attached hydrogens (tertiary/aromatic N) is 1. The summed E-state index contributed by atoms with van der Waals surface area (Å²) in [6.07, 6.45) is 0. The molecule has 0 spiro atoms. The summed E-state index contributed by atoms with van der Waals surface area (Å²) in [6.45, 7) is 1.33. The Bertz CT molecular complexity index is 993. The first-order valence-electron chi connectivity index (χ1n) is 8.23. The molecule has 0 aliphatic heterocycles. The van der Waals surface area contributed by atoms with Gasteiger partial charge in [0.15, 0.2) is 0 Å². The van der Waals surface area contributed by atoms with Crippen molar-refractivity contribution >= 4 is 50.5 Å². The van der Waals surface area contributed by atoms with Crippen molar-refractivity contribution < 1.29 is 18.0 Å². The molecule has 2 amide bonds. The Hall–Kier alpha value is -2.62. The number of halogens is 1. The number of hydrogen-bond donors (Lipinski definition) is 3. The van der Waals surface area contributed by atoms with Gasteiger partial charge in [-0.1, -0.05) is 17.7 Å². The minimum Gasteiger partial charge on any atom is -0.376 e. The fourth-order valence-electron chi connectivity index (χ4n) is 2.26. The lowest BCUT2D eigenvalue weighted by Crippen LogP contribution is -2.24. The number of anilines is 3. The first-order chi connectivity index (χ1) is 13.1. The maximum Gasteiger partial charge on any atom is 0.243 e. The minimum atomic E-state index is -3.65. The molecule has 0 atom stereocenters. The highest BCUT2D eigenvalue weighted by atomic mass is 35.5. The van der Waals surface area contributed by atoms with Crippen LogP contribution in [0.25, 0.3) is 0 Å². The van der Waals surface area contributed by atoms with Crippen molar-refractivity contribution in [3.63, 3.8) is 0 Å². The second-order valence-corrected chi connectivity index (χ2v) is 8.65. The fourth-order valence-corrected chi connectivity index (χ4v) is 3.35. The summed E-state index contributed by atoms with van der Waals surface area (Å²) in [6, 6.07) is 11.0. The van der Waals surface area contributed by atoms with Gasteiger partial charge in [0.05, 0.1) is 22.2 Å². The highest BCUT2D eigenvalue weighted by Crippen LogP contribution is 2.26. The molecule has 0 fully saturated rings. The van der Waals surface area contributed by atoms with Crippen LogP contribution in [0, 0.1) is 0 Å². The summed E-state index contributed by atoms with van der Waals surface area (Å²) in [5.41, 5.74) is 1.43. The monoisotopic (exact) mass is 424 g/mol. The van der Waals surface area contributed by atoms with Gasteiger partial charge >= 0.3 is 0 Å². The summed E-state index contributed by atoms with van der Waals surface area (Å²) >= 11 is 6.07. The molecule has 0 heterocycles. The van der Waals surface area contributed by atoms with E-state index in [0.717, 1.165) is 4.31 Å². The van der Waals surface area contributed by atoms with Crippen molar-refractivity contribution in [3.05, 3.63) is 47.5 Å². The molecule has 28 heavy (non-hydrogen) atoms. The Morgan fingerprint density at radius 2 is 1.71 bits per heavy atom. The molecule has 0 bridgehead atoms. The van der Waals surface area contributed by atoms with Gasteiger partial charge in [-0.3, -0.25) is 9.59 Å². The van der Waals surface area contributed by atoms with Gasteiger partial charge in [0.25, 0.3) is 0 Å². The zero-order chi connectivity index (χ0) is 20.9. The Morgan fingerprint density at radius 1 is 1.04 bits per heavy atom. The molecule has 0 unspecified atom stereocenters. The molecule has 3 N–H and O–H groups in total. The topological polar surface area (TPSA) is 108 Å². The summed E-state index contributed by atoms with van der Waals surface area (Å²) in [5, 5.41) is 8.39. The lowest BCUT2D eigenvalue weighted by atomic mass is 10.2. The van der Waals surface area contributed by atoms with E-state index in [1.807, 2.05) is 0 Å². The van der Waals surface area contributed by atoms with Crippen molar-refractivity contribution in [2.24, 2.45) is 0 Å². The second kappa shape index (κ2) is 9.05. The van der Waals surface area contributed by atoms with E-state index in [-0.39, 0.29) is 28.1 Å². The van der Waals surface area contributed by atoms with E-state index in [4.69, 9.17) is 11.6 Å². The van der Waals surface area contributed by atoms with Crippen LogP contribution in [0.3, 0.4) is 0 Å². The smallest absolute Gasteiger partial charge is 0.243 e. The van der Waals surface area contributed by atoms with E-state index in [2.05, 4.69) is 16.0 Å². The van der Waals surface area contributed by atoms with E-state index < -0.39 is 15.9 Å². The van der Waals surface area contributed by atoms with Gasteiger partial charge in [0.2, 0.25) is 21.8 Å². The van der Waals surface area contributed by atoms with Crippen LogP contribution in [0.15, 0.2) is 47.4 Å². The maximum absolute atomic E-state index is 12.2. The maximum atomic E-state index is 12.2. The summed E-state index contributed by atoms with van der Waals surface area (Å²) in [5.74, 6) is -0.608. The van der Waals surface area contributed by atoms with Crippen LogP contribution < -0.4 is 16.0 Å². The molecule has 150 valence electrons. The van der Waals surface area contributed by atoms with Gasteiger partial charge in [-0.15, -0.1) is 0 Å². The van der Waals surface area contributed by atoms with Gasteiger partial charge < -0.3 is 16.0 Å². The molecule has 2 aromatic rings. The molecule has 0 aromatic heterocycles. The molecule has 2 rings (SSSR count). The lowest BCUT2D eigenvalue weighted by Gasteiger charge is -2.14. The standard InChI is InChI=1S/C18H21ClN4O4S/c1-12(24)21-14-6-4-5-13(9-14)20-11-18(25)22-17-10-15(7-8-16(17)19)28(26,27)23(2)3/h4-10,20H,11H2,1-3H3,(H,21,24)(H,22,25). The number of hydrogen-bond acceptors (Lipinski definition) is 5. The summed E-state index contributed by atoms with van der Waals surface area (Å²) in [4.78, 5) is 23.4. The van der Waals surface area contributed by atoms with Crippen LogP contribution in [0.2, 0.25) is 5.02 Å². The van der Waals surface area contributed by atoms with Crippen molar-refractivity contribution in [2.45, 2.75) is 11.8 Å². The number of carbonyl (C=O) groups excluding carboxylic acids is 2. The fraction of sp³-hybridized carbons (Fsp3) is 0.222. The number of amides is 2. The van der Waals surface area contributed by atoms with Gasteiger partial charge in [-0.2, -0.15) is 0 Å². The first kappa shape index (κ1) is 21.7. The highest BCUT2D eigenvalue weighted by Gasteiger charge is 2.19. The predicted molar refractivity (Wildman–Crippen MR) is 110 cm³/mol.